The van der Waals surface area contributed by atoms with Crippen molar-refractivity contribution in [2.75, 3.05) is 5.32 Å². The normalized spacial score (nSPS) is 17.9. The summed E-state index contributed by atoms with van der Waals surface area (Å²) in [5.74, 6) is 0.337. The summed E-state index contributed by atoms with van der Waals surface area (Å²) in [5, 5.41) is 38.0. The van der Waals surface area contributed by atoms with Crippen molar-refractivity contribution in [1.82, 2.24) is 30.2 Å². The molecule has 0 saturated carbocycles. The van der Waals surface area contributed by atoms with E-state index in [2.05, 4.69) is 25.8 Å². The van der Waals surface area contributed by atoms with E-state index in [1.165, 1.54) is 17.2 Å². The number of imidazole rings is 1. The van der Waals surface area contributed by atoms with Crippen molar-refractivity contribution in [1.29, 1.82) is 0 Å². The molecule has 0 bridgehead atoms. The molecule has 0 fully saturated rings. The number of benzene rings is 2. The van der Waals surface area contributed by atoms with E-state index >= 15 is 0 Å². The third kappa shape index (κ3) is 3.85. The van der Waals surface area contributed by atoms with Gasteiger partial charge in [0.25, 0.3) is 5.69 Å². The first-order chi connectivity index (χ1) is 19.3. The van der Waals surface area contributed by atoms with Crippen LogP contribution in [0.1, 0.15) is 41.2 Å². The predicted molar refractivity (Wildman–Crippen MR) is 144 cm³/mol. The van der Waals surface area contributed by atoms with E-state index in [4.69, 9.17) is 16.6 Å². The first-order valence-corrected chi connectivity index (χ1v) is 13.2. The number of aliphatic hydroxyl groups is 1. The van der Waals surface area contributed by atoms with E-state index in [1.54, 1.807) is 18.2 Å². The second kappa shape index (κ2) is 8.97. The average molecular weight is 556 g/mol. The smallest absolute Gasteiger partial charge is 0.276 e. The Morgan fingerprint density at radius 3 is 2.77 bits per heavy atom. The predicted octanol–water partition coefficient (Wildman–Crippen LogP) is 3.27. The monoisotopic (exact) mass is 555 g/mol. The average Bonchev–Trinajstić information content (AvgIpc) is 3.68. The van der Waals surface area contributed by atoms with Gasteiger partial charge in [0.15, 0.2) is 0 Å². The van der Waals surface area contributed by atoms with Gasteiger partial charge in [-0.15, -0.1) is 5.10 Å². The largest absolute Gasteiger partial charge is 0.372 e. The molecule has 200 valence electrons. The number of amides is 1. The maximum absolute atomic E-state index is 11.9. The number of halogens is 1. The SMILES string of the molecule is Cc1[nH]c(C2(O)CCc3cc(-c4cc(Cl)ccc4-n4cnnn4)c[n+](O)c32)nc1-c1ccc2c(c1)NC(=O)CC2. The van der Waals surface area contributed by atoms with Crippen LogP contribution >= 0.6 is 11.6 Å². The molecule has 0 radical (unpaired) electrons. The van der Waals surface area contributed by atoms with Crippen LogP contribution in [-0.2, 0) is 23.2 Å². The number of aryl methyl sites for hydroxylation is 3. The van der Waals surface area contributed by atoms with Crippen LogP contribution in [0, 0.1) is 6.92 Å². The summed E-state index contributed by atoms with van der Waals surface area (Å²) in [7, 11) is 0. The Labute approximate surface area is 233 Å². The Morgan fingerprint density at radius 2 is 1.95 bits per heavy atom. The number of tetrazole rings is 1. The van der Waals surface area contributed by atoms with Crippen molar-refractivity contribution in [3.8, 4) is 28.1 Å². The molecule has 12 heteroatoms. The van der Waals surface area contributed by atoms with Crippen LogP contribution in [0.15, 0.2) is 55.0 Å². The van der Waals surface area contributed by atoms with Gasteiger partial charge in [0.2, 0.25) is 17.7 Å². The zero-order valence-electron chi connectivity index (χ0n) is 21.4. The number of carbonyl (C=O) groups excluding carboxylic acids is 1. The number of anilines is 1. The molecule has 11 nitrogen and oxygen atoms in total. The van der Waals surface area contributed by atoms with E-state index in [0.717, 1.165) is 38.4 Å². The zero-order valence-corrected chi connectivity index (χ0v) is 22.1. The van der Waals surface area contributed by atoms with Crippen molar-refractivity contribution in [2.45, 2.75) is 38.2 Å². The number of aromatic nitrogens is 7. The van der Waals surface area contributed by atoms with Gasteiger partial charge in [0, 0.05) is 44.2 Å². The van der Waals surface area contributed by atoms with Gasteiger partial charge >= 0.3 is 0 Å². The molecular weight excluding hydrogens is 532 g/mol. The van der Waals surface area contributed by atoms with Crippen molar-refractivity contribution in [3.05, 3.63) is 88.4 Å². The fourth-order valence-electron chi connectivity index (χ4n) is 5.76. The molecular formula is C28H24ClN8O3+. The number of H-pyrrole nitrogens is 1. The van der Waals surface area contributed by atoms with Crippen molar-refractivity contribution in [2.24, 2.45) is 0 Å². The zero-order chi connectivity index (χ0) is 27.6. The van der Waals surface area contributed by atoms with Crippen molar-refractivity contribution >= 4 is 23.2 Å². The van der Waals surface area contributed by atoms with Crippen LogP contribution in [0.25, 0.3) is 28.1 Å². The van der Waals surface area contributed by atoms with Gasteiger partial charge in [-0.05, 0) is 72.5 Å². The number of aromatic amines is 1. The Bertz CT molecular complexity index is 1820. The lowest BCUT2D eigenvalue weighted by Gasteiger charge is -2.18. The lowest BCUT2D eigenvalue weighted by Crippen LogP contribution is -2.44. The molecule has 1 amide bonds. The Kier molecular flexibility index (Phi) is 5.48. The molecule has 5 aromatic rings. The highest BCUT2D eigenvalue weighted by Gasteiger charge is 2.50. The first-order valence-electron chi connectivity index (χ1n) is 12.8. The molecule has 2 aromatic carbocycles. The number of carbonyl (C=O) groups is 1. The van der Waals surface area contributed by atoms with Crippen LogP contribution in [0.5, 0.6) is 0 Å². The Balaban J connectivity index is 1.28. The van der Waals surface area contributed by atoms with E-state index in [-0.39, 0.29) is 5.91 Å². The summed E-state index contributed by atoms with van der Waals surface area (Å²) >= 11 is 6.32. The van der Waals surface area contributed by atoms with Crippen molar-refractivity contribution < 1.29 is 19.8 Å². The summed E-state index contributed by atoms with van der Waals surface area (Å²) in [4.78, 5) is 20.0. The standard InChI is InChI=1S/C28H23ClN8O3/c1-15-25(17-3-2-16-4-7-24(38)32-22(16)11-17)33-27(31-15)28(39)9-8-18-10-19(13-37(40)26(18)28)21-12-20(29)5-6-23(21)36-14-30-34-35-36/h2-3,5-6,10-14,39H,4,7-9H2,1H3,(H2-,31,32,33,38,40)/p+1. The number of fused-ring (bicyclic) bond motifs is 2. The summed E-state index contributed by atoms with van der Waals surface area (Å²) in [6.45, 7) is 1.89. The molecule has 1 aliphatic heterocycles. The number of hydrogen-bond acceptors (Lipinski definition) is 7. The van der Waals surface area contributed by atoms with E-state index in [1.807, 2.05) is 31.2 Å². The van der Waals surface area contributed by atoms with Crippen LogP contribution in [-0.4, -0.2) is 46.4 Å². The molecule has 1 aliphatic carbocycles. The van der Waals surface area contributed by atoms with Crippen LogP contribution in [0.2, 0.25) is 5.02 Å². The highest BCUT2D eigenvalue weighted by atomic mass is 35.5. The van der Waals surface area contributed by atoms with Gasteiger partial charge in [-0.25, -0.2) is 4.98 Å². The first kappa shape index (κ1) is 24.4. The second-order valence-corrected chi connectivity index (χ2v) is 10.6. The van der Waals surface area contributed by atoms with Crippen LogP contribution in [0.4, 0.5) is 5.69 Å². The molecule has 2 aliphatic rings. The minimum atomic E-state index is -1.54. The van der Waals surface area contributed by atoms with E-state index < -0.39 is 5.60 Å². The number of hydrogen-bond donors (Lipinski definition) is 4. The van der Waals surface area contributed by atoms with Crippen LogP contribution < -0.4 is 10.0 Å². The summed E-state index contributed by atoms with van der Waals surface area (Å²) < 4.78 is 2.49. The number of nitrogens with zero attached hydrogens (tertiary/aromatic N) is 6. The molecule has 4 heterocycles. The summed E-state index contributed by atoms with van der Waals surface area (Å²) in [6.07, 6.45) is 5.04. The Hall–Kier alpha value is -4.61. The van der Waals surface area contributed by atoms with Gasteiger partial charge in [-0.1, -0.05) is 23.7 Å². The lowest BCUT2D eigenvalue weighted by molar-refractivity contribution is -0.912. The molecule has 1 atom stereocenters. The molecule has 1 unspecified atom stereocenters. The molecule has 4 N–H and O–H groups in total. The third-order valence-electron chi connectivity index (χ3n) is 7.69. The van der Waals surface area contributed by atoms with E-state index in [0.29, 0.717) is 59.2 Å². The Morgan fingerprint density at radius 1 is 1.07 bits per heavy atom. The quantitative estimate of drug-likeness (QED) is 0.197. The minimum Gasteiger partial charge on any atom is -0.372 e. The van der Waals surface area contributed by atoms with Gasteiger partial charge < -0.3 is 15.4 Å². The number of nitrogens with one attached hydrogen (secondary N) is 2. The second-order valence-electron chi connectivity index (χ2n) is 10.2. The third-order valence-corrected chi connectivity index (χ3v) is 7.93. The highest BCUT2D eigenvalue weighted by Crippen LogP contribution is 2.42. The van der Waals surface area contributed by atoms with Gasteiger partial charge in [-0.2, -0.15) is 4.68 Å². The maximum atomic E-state index is 11.9. The van der Waals surface area contributed by atoms with Gasteiger partial charge in [-0.3, -0.25) is 10.0 Å². The molecule has 0 spiro atoms. The number of rotatable bonds is 4. The fourth-order valence-corrected chi connectivity index (χ4v) is 5.93. The highest BCUT2D eigenvalue weighted by molar-refractivity contribution is 6.31. The van der Waals surface area contributed by atoms with Gasteiger partial charge in [0.1, 0.15) is 12.2 Å². The van der Waals surface area contributed by atoms with Crippen LogP contribution in [0.3, 0.4) is 0 Å². The maximum Gasteiger partial charge on any atom is 0.276 e. The molecule has 0 saturated heterocycles. The molecule has 7 rings (SSSR count). The topological polar surface area (TPSA) is 146 Å². The molecule has 40 heavy (non-hydrogen) atoms. The van der Waals surface area contributed by atoms with Crippen molar-refractivity contribution in [3.63, 3.8) is 0 Å². The summed E-state index contributed by atoms with van der Waals surface area (Å²) in [5.41, 5.74) is 5.81. The summed E-state index contributed by atoms with van der Waals surface area (Å²) in [6, 6.07) is 13.2. The number of pyridine rings is 1. The van der Waals surface area contributed by atoms with Gasteiger partial charge in [0.05, 0.1) is 16.9 Å². The lowest BCUT2D eigenvalue weighted by atomic mass is 9.98. The van der Waals surface area contributed by atoms with E-state index in [9.17, 15) is 15.1 Å². The minimum absolute atomic E-state index is 0.00400. The fraction of sp³-hybridized carbons (Fsp3) is 0.214. The molecule has 3 aromatic heterocycles.